The molecule has 0 saturated heterocycles. The Balaban J connectivity index is 2.24. The molecule has 124 valence electrons. The topological polar surface area (TPSA) is 29.5 Å². The number of nitrogens with zero attached hydrogens (tertiary/aromatic N) is 1. The van der Waals surface area contributed by atoms with Gasteiger partial charge in [-0.25, -0.2) is 8.78 Å². The van der Waals surface area contributed by atoms with E-state index in [2.05, 4.69) is 5.92 Å². The average molecular weight is 321 g/mol. The summed E-state index contributed by atoms with van der Waals surface area (Å²) in [6.07, 6.45) is 10.1. The Labute approximate surface area is 135 Å². The summed E-state index contributed by atoms with van der Waals surface area (Å²) in [5.74, 6) is -0.650. The molecule has 1 aliphatic carbocycles. The highest BCUT2D eigenvalue weighted by Gasteiger charge is 2.34. The first-order valence-corrected chi connectivity index (χ1v) is 7.72. The molecular formula is C18H21F2NO2. The summed E-state index contributed by atoms with van der Waals surface area (Å²) in [4.78, 5) is 14.2. The van der Waals surface area contributed by atoms with E-state index in [0.29, 0.717) is 0 Å². The van der Waals surface area contributed by atoms with Crippen LogP contribution in [0.2, 0.25) is 0 Å². The zero-order valence-electron chi connectivity index (χ0n) is 13.5. The molecule has 5 heteroatoms. The van der Waals surface area contributed by atoms with Crippen molar-refractivity contribution < 1.29 is 18.3 Å². The summed E-state index contributed by atoms with van der Waals surface area (Å²) in [6.45, 7) is 1.78. The fourth-order valence-corrected chi connectivity index (χ4v) is 3.02. The van der Waals surface area contributed by atoms with E-state index >= 15 is 0 Å². The number of hydrogen-bond acceptors (Lipinski definition) is 2. The third-order valence-electron chi connectivity index (χ3n) is 4.59. The van der Waals surface area contributed by atoms with Crippen molar-refractivity contribution in [3.8, 4) is 18.1 Å². The summed E-state index contributed by atoms with van der Waals surface area (Å²) in [6, 6.07) is 2.00. The lowest BCUT2D eigenvalue weighted by Gasteiger charge is -2.42. The van der Waals surface area contributed by atoms with Crippen LogP contribution in [0.1, 0.15) is 49.4 Å². The van der Waals surface area contributed by atoms with Gasteiger partial charge in [0.2, 0.25) is 0 Å². The Hall–Kier alpha value is -2.09. The number of rotatable bonds is 4. The molecule has 0 heterocycles. The van der Waals surface area contributed by atoms with E-state index in [1.54, 1.807) is 11.9 Å². The molecule has 0 spiro atoms. The Kier molecular flexibility index (Phi) is 5.25. The lowest BCUT2D eigenvalue weighted by molar-refractivity contribution is 0.0499. The Bertz CT molecular complexity index is 607. The smallest absolute Gasteiger partial charge is 0.254 e. The monoisotopic (exact) mass is 321 g/mol. The second-order valence-electron chi connectivity index (χ2n) is 6.18. The normalized spacial score (nSPS) is 16.5. The number of amides is 1. The van der Waals surface area contributed by atoms with E-state index in [1.807, 2.05) is 6.92 Å². The van der Waals surface area contributed by atoms with E-state index in [1.165, 1.54) is 0 Å². The second-order valence-corrected chi connectivity index (χ2v) is 6.18. The minimum Gasteiger partial charge on any atom is -0.475 e. The maximum atomic E-state index is 14.0. The third kappa shape index (κ3) is 3.64. The molecule has 3 nitrogen and oxygen atoms in total. The van der Waals surface area contributed by atoms with Gasteiger partial charge in [-0.3, -0.25) is 4.79 Å². The predicted octanol–water partition coefficient (Wildman–Crippen LogP) is 3.77. The van der Waals surface area contributed by atoms with Crippen LogP contribution in [0, 0.1) is 24.0 Å². The molecule has 23 heavy (non-hydrogen) atoms. The molecule has 0 bridgehead atoms. The van der Waals surface area contributed by atoms with E-state index < -0.39 is 23.3 Å². The van der Waals surface area contributed by atoms with Gasteiger partial charge in [0.05, 0.1) is 0 Å². The van der Waals surface area contributed by atoms with Gasteiger partial charge in [-0.15, -0.1) is 6.42 Å². The number of carbonyl (C=O) groups is 1. The molecule has 1 saturated carbocycles. The highest BCUT2D eigenvalue weighted by atomic mass is 19.1. The molecule has 0 aliphatic heterocycles. The van der Waals surface area contributed by atoms with Gasteiger partial charge in [-0.1, -0.05) is 25.2 Å². The Morgan fingerprint density at radius 3 is 2.39 bits per heavy atom. The number of terminal acetylenes is 1. The van der Waals surface area contributed by atoms with Crippen LogP contribution in [0.4, 0.5) is 8.78 Å². The van der Waals surface area contributed by atoms with Gasteiger partial charge in [-0.2, -0.15) is 0 Å². The minimum atomic E-state index is -0.925. The zero-order chi connectivity index (χ0) is 17.0. The first-order chi connectivity index (χ1) is 10.9. The molecule has 2 rings (SSSR count). The highest BCUT2D eigenvalue weighted by Crippen LogP contribution is 2.34. The summed E-state index contributed by atoms with van der Waals surface area (Å²) >= 11 is 0. The standard InChI is InChI=1S/C18H21F2NO2/c1-4-10-23-16-14(19)11-13(12-15(16)20)17(22)21(3)18(2)8-6-5-7-9-18/h1,11-12H,5-10H2,2-3H3. The fourth-order valence-electron chi connectivity index (χ4n) is 3.02. The molecular weight excluding hydrogens is 300 g/mol. The first kappa shape index (κ1) is 17.3. The molecule has 1 aromatic rings. The van der Waals surface area contributed by atoms with E-state index in [9.17, 15) is 13.6 Å². The minimum absolute atomic E-state index is 0.0256. The number of ether oxygens (including phenoxy) is 1. The SMILES string of the molecule is C#CCOc1c(F)cc(C(=O)N(C)C2(C)CCCCC2)cc1F. The first-order valence-electron chi connectivity index (χ1n) is 7.72. The quantitative estimate of drug-likeness (QED) is 0.790. The summed E-state index contributed by atoms with van der Waals surface area (Å²) < 4.78 is 32.8. The summed E-state index contributed by atoms with van der Waals surface area (Å²) in [7, 11) is 1.69. The summed E-state index contributed by atoms with van der Waals surface area (Å²) in [5.41, 5.74) is -0.302. The van der Waals surface area contributed by atoms with Crippen molar-refractivity contribution >= 4 is 5.91 Å². The second kappa shape index (κ2) is 6.99. The van der Waals surface area contributed by atoms with E-state index in [-0.39, 0.29) is 17.7 Å². The lowest BCUT2D eigenvalue weighted by Crippen LogP contribution is -2.48. The number of hydrogen-bond donors (Lipinski definition) is 0. The van der Waals surface area contributed by atoms with Gasteiger partial charge in [-0.05, 0) is 31.9 Å². The summed E-state index contributed by atoms with van der Waals surface area (Å²) in [5, 5.41) is 0. The van der Waals surface area contributed by atoms with Crippen molar-refractivity contribution in [1.82, 2.24) is 4.90 Å². The molecule has 1 amide bonds. The van der Waals surface area contributed by atoms with Crippen LogP contribution in [0.25, 0.3) is 0 Å². The Morgan fingerprint density at radius 1 is 1.30 bits per heavy atom. The van der Waals surface area contributed by atoms with Gasteiger partial charge >= 0.3 is 0 Å². The van der Waals surface area contributed by atoms with Crippen molar-refractivity contribution in [2.75, 3.05) is 13.7 Å². The van der Waals surface area contributed by atoms with Crippen molar-refractivity contribution in [2.45, 2.75) is 44.6 Å². The average Bonchev–Trinajstić information content (AvgIpc) is 2.53. The van der Waals surface area contributed by atoms with Crippen LogP contribution in [-0.2, 0) is 0 Å². The molecule has 1 fully saturated rings. The molecule has 0 unspecified atom stereocenters. The molecule has 0 aromatic heterocycles. The molecule has 0 radical (unpaired) electrons. The van der Waals surface area contributed by atoms with E-state index in [0.717, 1.165) is 44.2 Å². The molecule has 1 aliphatic rings. The zero-order valence-corrected chi connectivity index (χ0v) is 13.5. The maximum Gasteiger partial charge on any atom is 0.254 e. The van der Waals surface area contributed by atoms with Crippen LogP contribution in [0.3, 0.4) is 0 Å². The van der Waals surface area contributed by atoms with Crippen LogP contribution in [0.15, 0.2) is 12.1 Å². The number of carbonyl (C=O) groups excluding carboxylic acids is 1. The number of halogens is 2. The van der Waals surface area contributed by atoms with Crippen LogP contribution in [0.5, 0.6) is 5.75 Å². The molecule has 1 aromatic carbocycles. The highest BCUT2D eigenvalue weighted by molar-refractivity contribution is 5.94. The van der Waals surface area contributed by atoms with Crippen molar-refractivity contribution in [3.05, 3.63) is 29.3 Å². The van der Waals surface area contributed by atoms with Gasteiger partial charge < -0.3 is 9.64 Å². The largest absolute Gasteiger partial charge is 0.475 e. The van der Waals surface area contributed by atoms with Crippen molar-refractivity contribution in [2.24, 2.45) is 0 Å². The van der Waals surface area contributed by atoms with Gasteiger partial charge in [0, 0.05) is 18.2 Å². The predicted molar refractivity (Wildman–Crippen MR) is 84.3 cm³/mol. The van der Waals surface area contributed by atoms with Gasteiger partial charge in [0.25, 0.3) is 5.91 Å². The van der Waals surface area contributed by atoms with Crippen molar-refractivity contribution in [3.63, 3.8) is 0 Å². The molecule has 0 atom stereocenters. The van der Waals surface area contributed by atoms with Crippen molar-refractivity contribution in [1.29, 1.82) is 0 Å². The fraction of sp³-hybridized carbons (Fsp3) is 0.500. The lowest BCUT2D eigenvalue weighted by atomic mass is 9.82. The van der Waals surface area contributed by atoms with Gasteiger partial charge in [0.1, 0.15) is 6.61 Å². The molecule has 0 N–H and O–H groups in total. The van der Waals surface area contributed by atoms with E-state index in [4.69, 9.17) is 11.2 Å². The maximum absolute atomic E-state index is 14.0. The Morgan fingerprint density at radius 2 is 1.87 bits per heavy atom. The van der Waals surface area contributed by atoms with Crippen LogP contribution < -0.4 is 4.74 Å². The van der Waals surface area contributed by atoms with Crippen LogP contribution in [-0.4, -0.2) is 30.0 Å². The van der Waals surface area contributed by atoms with Crippen LogP contribution >= 0.6 is 0 Å². The number of benzene rings is 1. The third-order valence-corrected chi connectivity index (χ3v) is 4.59. The van der Waals surface area contributed by atoms with Gasteiger partial charge in [0.15, 0.2) is 17.4 Å².